The van der Waals surface area contributed by atoms with E-state index in [-0.39, 0.29) is 5.41 Å². The fourth-order valence-corrected chi connectivity index (χ4v) is 2.65. The number of nitrogens with two attached hydrogens (primary N) is 1. The van der Waals surface area contributed by atoms with E-state index in [1.165, 1.54) is 16.7 Å². The average molecular weight is 230 g/mol. The Balaban J connectivity index is 2.61. The Bertz CT molecular complexity index is 470. The van der Waals surface area contributed by atoms with Gasteiger partial charge in [0, 0.05) is 17.8 Å². The Labute approximate surface area is 104 Å². The molecule has 0 aliphatic heterocycles. The summed E-state index contributed by atoms with van der Waals surface area (Å²) in [4.78, 5) is 0. The molecule has 0 amide bonds. The quantitative estimate of drug-likeness (QED) is 0.820. The van der Waals surface area contributed by atoms with Crippen LogP contribution in [0, 0.1) is 6.92 Å². The van der Waals surface area contributed by atoms with Crippen molar-refractivity contribution in [3.05, 3.63) is 40.6 Å². The van der Waals surface area contributed by atoms with Crippen molar-refractivity contribution in [2.24, 2.45) is 5.73 Å². The van der Waals surface area contributed by atoms with Crippen LogP contribution in [-0.4, -0.2) is 6.54 Å². The minimum absolute atomic E-state index is 0.129. The number of benzene rings is 1. The van der Waals surface area contributed by atoms with Gasteiger partial charge in [0.25, 0.3) is 0 Å². The van der Waals surface area contributed by atoms with Crippen molar-refractivity contribution in [2.75, 3.05) is 6.54 Å². The van der Waals surface area contributed by atoms with Gasteiger partial charge in [-0.15, -0.1) is 0 Å². The van der Waals surface area contributed by atoms with Gasteiger partial charge in [-0.2, -0.15) is 0 Å². The molecule has 0 aromatic heterocycles. The molecule has 1 aliphatic carbocycles. The molecule has 0 heterocycles. The minimum atomic E-state index is 0.129. The number of rotatable bonds is 2. The third kappa shape index (κ3) is 2.04. The summed E-state index contributed by atoms with van der Waals surface area (Å²) in [6.45, 7) is 9.68. The first-order chi connectivity index (χ1) is 7.95. The van der Waals surface area contributed by atoms with Crippen LogP contribution in [0.25, 0.3) is 5.70 Å². The number of allylic oxidation sites excluding steroid dienone is 1. The smallest absolute Gasteiger partial charge is 0.0607 e. The van der Waals surface area contributed by atoms with Crippen molar-refractivity contribution in [1.82, 2.24) is 5.32 Å². The number of hydrogen-bond acceptors (Lipinski definition) is 2. The maximum absolute atomic E-state index is 6.21. The normalized spacial score (nSPS) is 17.9. The molecule has 92 valence electrons. The van der Waals surface area contributed by atoms with Crippen molar-refractivity contribution >= 4 is 5.70 Å². The molecule has 2 rings (SSSR count). The molecule has 1 aliphatic rings. The van der Waals surface area contributed by atoms with E-state index in [0.717, 1.165) is 24.4 Å². The van der Waals surface area contributed by atoms with Crippen LogP contribution in [0.2, 0.25) is 0 Å². The van der Waals surface area contributed by atoms with Gasteiger partial charge in [0.15, 0.2) is 0 Å². The zero-order chi connectivity index (χ0) is 12.6. The van der Waals surface area contributed by atoms with Gasteiger partial charge in [-0.05, 0) is 31.2 Å². The number of aryl methyl sites for hydroxylation is 1. The molecule has 17 heavy (non-hydrogen) atoms. The number of nitrogens with one attached hydrogen (secondary N) is 1. The predicted octanol–water partition coefficient (Wildman–Crippen LogP) is 2.91. The van der Waals surface area contributed by atoms with Crippen molar-refractivity contribution in [3.63, 3.8) is 0 Å². The monoisotopic (exact) mass is 230 g/mol. The third-order valence-corrected chi connectivity index (χ3v) is 3.48. The van der Waals surface area contributed by atoms with E-state index >= 15 is 0 Å². The zero-order valence-corrected chi connectivity index (χ0v) is 11.2. The van der Waals surface area contributed by atoms with E-state index in [1.807, 2.05) is 0 Å². The van der Waals surface area contributed by atoms with Crippen molar-refractivity contribution in [1.29, 1.82) is 0 Å². The molecule has 2 nitrogen and oxygen atoms in total. The molecule has 1 aromatic rings. The van der Waals surface area contributed by atoms with E-state index < -0.39 is 0 Å². The van der Waals surface area contributed by atoms with Crippen LogP contribution in [-0.2, 0) is 5.41 Å². The van der Waals surface area contributed by atoms with Gasteiger partial charge in [0.2, 0.25) is 0 Å². The van der Waals surface area contributed by atoms with Crippen molar-refractivity contribution in [3.8, 4) is 0 Å². The molecule has 0 saturated carbocycles. The Hall–Kier alpha value is -1.44. The topological polar surface area (TPSA) is 38.0 Å². The van der Waals surface area contributed by atoms with Crippen LogP contribution in [0.15, 0.2) is 23.9 Å². The Morgan fingerprint density at radius 1 is 1.35 bits per heavy atom. The summed E-state index contributed by atoms with van der Waals surface area (Å²) in [5.41, 5.74) is 12.4. The molecule has 0 bridgehead atoms. The summed E-state index contributed by atoms with van der Waals surface area (Å²) in [7, 11) is 0. The van der Waals surface area contributed by atoms with Gasteiger partial charge in [0.1, 0.15) is 0 Å². The highest BCUT2D eigenvalue weighted by Crippen LogP contribution is 2.40. The van der Waals surface area contributed by atoms with E-state index in [1.54, 1.807) is 0 Å². The zero-order valence-electron chi connectivity index (χ0n) is 11.2. The molecule has 0 atom stereocenters. The fourth-order valence-electron chi connectivity index (χ4n) is 2.65. The third-order valence-electron chi connectivity index (χ3n) is 3.48. The molecule has 0 spiro atoms. The lowest BCUT2D eigenvalue weighted by Crippen LogP contribution is -2.31. The van der Waals surface area contributed by atoms with Crippen LogP contribution in [0.3, 0.4) is 0 Å². The first-order valence-corrected chi connectivity index (χ1v) is 6.29. The summed E-state index contributed by atoms with van der Waals surface area (Å²) in [5, 5.41) is 3.40. The Kier molecular flexibility index (Phi) is 2.90. The molecular weight excluding hydrogens is 208 g/mol. The first kappa shape index (κ1) is 12.0. The largest absolute Gasteiger partial charge is 0.400 e. The number of fused-ring (bicyclic) bond motifs is 1. The van der Waals surface area contributed by atoms with E-state index in [4.69, 9.17) is 5.73 Å². The van der Waals surface area contributed by atoms with Crippen molar-refractivity contribution < 1.29 is 0 Å². The van der Waals surface area contributed by atoms with Gasteiger partial charge < -0.3 is 11.1 Å². The van der Waals surface area contributed by atoms with E-state index in [0.29, 0.717) is 0 Å². The summed E-state index contributed by atoms with van der Waals surface area (Å²) in [6, 6.07) is 6.64. The maximum atomic E-state index is 6.21. The lowest BCUT2D eigenvalue weighted by molar-refractivity contribution is 0.506. The summed E-state index contributed by atoms with van der Waals surface area (Å²) >= 11 is 0. The molecule has 1 aromatic carbocycles. The van der Waals surface area contributed by atoms with Crippen molar-refractivity contribution in [2.45, 2.75) is 39.5 Å². The van der Waals surface area contributed by atoms with Crippen LogP contribution in [0.5, 0.6) is 0 Å². The minimum Gasteiger partial charge on any atom is -0.400 e. The molecule has 3 N–H and O–H groups in total. The summed E-state index contributed by atoms with van der Waals surface area (Å²) in [6.07, 6.45) is 0.922. The second-order valence-corrected chi connectivity index (χ2v) is 5.54. The highest BCUT2D eigenvalue weighted by molar-refractivity contribution is 5.73. The Morgan fingerprint density at radius 3 is 2.71 bits per heavy atom. The molecule has 0 fully saturated rings. The predicted molar refractivity (Wildman–Crippen MR) is 73.6 cm³/mol. The van der Waals surface area contributed by atoms with Gasteiger partial charge in [-0.3, -0.25) is 0 Å². The van der Waals surface area contributed by atoms with Crippen LogP contribution in [0.4, 0.5) is 0 Å². The second-order valence-electron chi connectivity index (χ2n) is 5.54. The van der Waals surface area contributed by atoms with Gasteiger partial charge in [0.05, 0.1) is 5.70 Å². The van der Waals surface area contributed by atoms with Gasteiger partial charge in [-0.25, -0.2) is 0 Å². The average Bonchev–Trinajstić information content (AvgIpc) is 2.24. The molecule has 0 saturated heterocycles. The van der Waals surface area contributed by atoms with E-state index in [9.17, 15) is 0 Å². The summed E-state index contributed by atoms with van der Waals surface area (Å²) in [5.74, 6) is 0. The highest BCUT2D eigenvalue weighted by Gasteiger charge is 2.31. The Morgan fingerprint density at radius 2 is 2.06 bits per heavy atom. The number of hydrogen-bond donors (Lipinski definition) is 2. The molecule has 2 heteroatoms. The van der Waals surface area contributed by atoms with Crippen LogP contribution < -0.4 is 11.1 Å². The first-order valence-electron chi connectivity index (χ1n) is 6.29. The standard InChI is InChI=1S/C15H22N2/c1-5-17-14-11-7-6-10(2)8-12(11)15(3,4)9-13(14)16/h6-8,17H,5,9,16H2,1-4H3. The van der Waals surface area contributed by atoms with Crippen LogP contribution >= 0.6 is 0 Å². The highest BCUT2D eigenvalue weighted by atomic mass is 14.9. The van der Waals surface area contributed by atoms with E-state index in [2.05, 4.69) is 51.2 Å². The SMILES string of the molecule is CCNC1=C(N)CC(C)(C)c2cc(C)ccc21. The molecular formula is C15H22N2. The lowest BCUT2D eigenvalue weighted by atomic mass is 9.73. The lowest BCUT2D eigenvalue weighted by Gasteiger charge is -2.35. The van der Waals surface area contributed by atoms with Gasteiger partial charge >= 0.3 is 0 Å². The second kappa shape index (κ2) is 4.10. The molecule has 0 unspecified atom stereocenters. The molecule has 0 radical (unpaired) electrons. The summed E-state index contributed by atoms with van der Waals surface area (Å²) < 4.78 is 0. The maximum Gasteiger partial charge on any atom is 0.0607 e. The van der Waals surface area contributed by atoms with Crippen LogP contribution in [0.1, 0.15) is 43.9 Å². The fraction of sp³-hybridized carbons (Fsp3) is 0.467. The van der Waals surface area contributed by atoms with Gasteiger partial charge in [-0.1, -0.05) is 37.6 Å².